The number of anilines is 2. The topological polar surface area (TPSA) is 70.7 Å². The first-order chi connectivity index (χ1) is 15.4. The van der Waals surface area contributed by atoms with E-state index in [4.69, 9.17) is 4.74 Å². The molecule has 0 spiro atoms. The van der Waals surface area contributed by atoms with Gasteiger partial charge in [-0.3, -0.25) is 9.59 Å². The quantitative estimate of drug-likeness (QED) is 0.437. The van der Waals surface area contributed by atoms with Gasteiger partial charge < -0.3 is 20.3 Å². The maximum Gasteiger partial charge on any atom is 0.253 e. The molecule has 0 heterocycles. The number of nitrogens with zero attached hydrogens (tertiary/aromatic N) is 1. The number of carbonyl (C=O) groups excluding carboxylic acids is 2. The molecule has 2 aromatic rings. The molecule has 0 unspecified atom stereocenters. The number of ether oxygens (including phenoxy) is 1. The number of rotatable bonds is 13. The summed E-state index contributed by atoms with van der Waals surface area (Å²) < 4.78 is 5.70. The molecule has 6 heteroatoms. The lowest BCUT2D eigenvalue weighted by atomic mass is 10.1. The third-order valence-corrected chi connectivity index (χ3v) is 4.96. The van der Waals surface area contributed by atoms with Gasteiger partial charge in [0.15, 0.2) is 0 Å². The van der Waals surface area contributed by atoms with Crippen molar-refractivity contribution in [3.8, 4) is 5.75 Å². The Balaban J connectivity index is 1.80. The third-order valence-electron chi connectivity index (χ3n) is 4.96. The highest BCUT2D eigenvalue weighted by atomic mass is 16.5. The van der Waals surface area contributed by atoms with Gasteiger partial charge in [-0.05, 0) is 73.7 Å². The van der Waals surface area contributed by atoms with E-state index in [1.54, 1.807) is 12.1 Å². The predicted molar refractivity (Wildman–Crippen MR) is 131 cm³/mol. The summed E-state index contributed by atoms with van der Waals surface area (Å²) >= 11 is 0. The van der Waals surface area contributed by atoms with Crippen LogP contribution in [0, 0.1) is 5.92 Å². The molecule has 2 aromatic carbocycles. The van der Waals surface area contributed by atoms with Crippen LogP contribution >= 0.6 is 0 Å². The van der Waals surface area contributed by atoms with E-state index < -0.39 is 0 Å². The standard InChI is InChI=1S/C26H37N3O3/c1-5-16-29(17-6-2)26(31)21-7-9-22(10-8-21)27-19-25(30)28-23-11-13-24(14-12-23)32-18-15-20(3)4/h7-14,20,27H,5-6,15-19H2,1-4H3,(H,28,30). The summed E-state index contributed by atoms with van der Waals surface area (Å²) in [5.74, 6) is 1.31. The molecule has 0 bridgehead atoms. The molecule has 0 aliphatic carbocycles. The van der Waals surface area contributed by atoms with E-state index in [9.17, 15) is 9.59 Å². The van der Waals surface area contributed by atoms with E-state index >= 15 is 0 Å². The highest BCUT2D eigenvalue weighted by Gasteiger charge is 2.14. The fraction of sp³-hybridized carbons (Fsp3) is 0.462. The number of hydrogen-bond acceptors (Lipinski definition) is 4. The largest absolute Gasteiger partial charge is 0.494 e. The SMILES string of the molecule is CCCN(CCC)C(=O)c1ccc(NCC(=O)Nc2ccc(OCCC(C)C)cc2)cc1. The van der Waals surface area contributed by atoms with Crippen LogP contribution in [0.15, 0.2) is 48.5 Å². The second-order valence-electron chi connectivity index (χ2n) is 8.33. The van der Waals surface area contributed by atoms with Crippen LogP contribution in [0.2, 0.25) is 0 Å². The Kier molecular flexibility index (Phi) is 10.6. The van der Waals surface area contributed by atoms with E-state index in [0.717, 1.165) is 49.5 Å². The molecule has 2 N–H and O–H groups in total. The van der Waals surface area contributed by atoms with Crippen LogP contribution in [0.4, 0.5) is 11.4 Å². The molecular formula is C26H37N3O3. The average molecular weight is 440 g/mol. The Morgan fingerprint density at radius 1 is 0.906 bits per heavy atom. The number of nitrogens with one attached hydrogen (secondary N) is 2. The molecule has 0 fully saturated rings. The maximum absolute atomic E-state index is 12.6. The lowest BCUT2D eigenvalue weighted by Crippen LogP contribution is -2.32. The van der Waals surface area contributed by atoms with Crippen molar-refractivity contribution in [2.45, 2.75) is 47.0 Å². The van der Waals surface area contributed by atoms with Crippen LogP contribution in [-0.2, 0) is 4.79 Å². The number of carbonyl (C=O) groups is 2. The molecule has 0 radical (unpaired) electrons. The molecule has 6 nitrogen and oxygen atoms in total. The summed E-state index contributed by atoms with van der Waals surface area (Å²) in [6, 6.07) is 14.7. The fourth-order valence-corrected chi connectivity index (χ4v) is 3.20. The van der Waals surface area contributed by atoms with E-state index in [2.05, 4.69) is 38.3 Å². The van der Waals surface area contributed by atoms with E-state index in [1.807, 2.05) is 41.3 Å². The fourth-order valence-electron chi connectivity index (χ4n) is 3.20. The summed E-state index contributed by atoms with van der Waals surface area (Å²) in [7, 11) is 0. The van der Waals surface area contributed by atoms with Gasteiger partial charge in [0.2, 0.25) is 5.91 Å². The first kappa shape index (κ1) is 25.2. The van der Waals surface area contributed by atoms with Gasteiger partial charge in [0.05, 0.1) is 13.2 Å². The van der Waals surface area contributed by atoms with Crippen LogP contribution in [0.5, 0.6) is 5.75 Å². The van der Waals surface area contributed by atoms with Gasteiger partial charge >= 0.3 is 0 Å². The van der Waals surface area contributed by atoms with Gasteiger partial charge in [-0.2, -0.15) is 0 Å². The minimum atomic E-state index is -0.143. The molecule has 0 saturated heterocycles. The predicted octanol–water partition coefficient (Wildman–Crippen LogP) is 5.42. The lowest BCUT2D eigenvalue weighted by Gasteiger charge is -2.21. The van der Waals surface area contributed by atoms with E-state index in [-0.39, 0.29) is 18.4 Å². The second-order valence-corrected chi connectivity index (χ2v) is 8.33. The van der Waals surface area contributed by atoms with Crippen LogP contribution < -0.4 is 15.4 Å². The first-order valence-corrected chi connectivity index (χ1v) is 11.6. The van der Waals surface area contributed by atoms with Crippen molar-refractivity contribution in [1.29, 1.82) is 0 Å². The van der Waals surface area contributed by atoms with Crippen molar-refractivity contribution in [3.05, 3.63) is 54.1 Å². The zero-order valence-corrected chi connectivity index (χ0v) is 19.8. The number of benzene rings is 2. The highest BCUT2D eigenvalue weighted by molar-refractivity contribution is 5.95. The van der Waals surface area contributed by atoms with Crippen molar-refractivity contribution in [2.24, 2.45) is 5.92 Å². The number of hydrogen-bond donors (Lipinski definition) is 2. The minimum absolute atomic E-state index is 0.0506. The Bertz CT molecular complexity index is 826. The summed E-state index contributed by atoms with van der Waals surface area (Å²) in [6.45, 7) is 10.8. The molecule has 0 saturated carbocycles. The molecule has 0 atom stereocenters. The Morgan fingerprint density at radius 2 is 1.50 bits per heavy atom. The smallest absolute Gasteiger partial charge is 0.253 e. The molecule has 0 aliphatic heterocycles. The van der Waals surface area contributed by atoms with Gasteiger partial charge in [-0.25, -0.2) is 0 Å². The molecule has 0 aromatic heterocycles. The van der Waals surface area contributed by atoms with Crippen molar-refractivity contribution >= 4 is 23.2 Å². The van der Waals surface area contributed by atoms with Gasteiger partial charge in [-0.15, -0.1) is 0 Å². The maximum atomic E-state index is 12.6. The van der Waals surface area contributed by atoms with Gasteiger partial charge in [0.1, 0.15) is 5.75 Å². The Hall–Kier alpha value is -3.02. The van der Waals surface area contributed by atoms with Crippen LogP contribution in [0.25, 0.3) is 0 Å². The van der Waals surface area contributed by atoms with Gasteiger partial charge in [-0.1, -0.05) is 27.7 Å². The van der Waals surface area contributed by atoms with E-state index in [0.29, 0.717) is 18.1 Å². The van der Waals surface area contributed by atoms with Gasteiger partial charge in [0.25, 0.3) is 5.91 Å². The summed E-state index contributed by atoms with van der Waals surface area (Å²) in [5.41, 5.74) is 2.18. The Morgan fingerprint density at radius 3 is 2.06 bits per heavy atom. The van der Waals surface area contributed by atoms with Gasteiger partial charge in [0, 0.05) is 30.0 Å². The van der Waals surface area contributed by atoms with Crippen LogP contribution in [0.3, 0.4) is 0 Å². The molecule has 174 valence electrons. The van der Waals surface area contributed by atoms with Crippen molar-refractivity contribution in [2.75, 3.05) is 36.9 Å². The van der Waals surface area contributed by atoms with Crippen molar-refractivity contribution in [3.63, 3.8) is 0 Å². The first-order valence-electron chi connectivity index (χ1n) is 11.6. The Labute approximate surface area is 192 Å². The normalized spacial score (nSPS) is 10.7. The molecular weight excluding hydrogens is 402 g/mol. The molecule has 2 amide bonds. The zero-order valence-electron chi connectivity index (χ0n) is 19.8. The van der Waals surface area contributed by atoms with Crippen LogP contribution in [-0.4, -0.2) is 43.0 Å². The van der Waals surface area contributed by atoms with E-state index in [1.165, 1.54) is 0 Å². The lowest BCUT2D eigenvalue weighted by molar-refractivity contribution is -0.114. The average Bonchev–Trinajstić information content (AvgIpc) is 2.78. The summed E-state index contributed by atoms with van der Waals surface area (Å²) in [4.78, 5) is 26.8. The van der Waals surface area contributed by atoms with Crippen molar-refractivity contribution in [1.82, 2.24) is 4.90 Å². The summed E-state index contributed by atoms with van der Waals surface area (Å²) in [5, 5.41) is 5.97. The summed E-state index contributed by atoms with van der Waals surface area (Å²) in [6.07, 6.45) is 2.89. The highest BCUT2D eigenvalue weighted by Crippen LogP contribution is 2.17. The molecule has 32 heavy (non-hydrogen) atoms. The second kappa shape index (κ2) is 13.4. The molecule has 0 aliphatic rings. The number of amides is 2. The third kappa shape index (κ3) is 8.61. The van der Waals surface area contributed by atoms with Crippen molar-refractivity contribution < 1.29 is 14.3 Å². The molecule has 2 rings (SSSR count). The monoisotopic (exact) mass is 439 g/mol. The van der Waals surface area contributed by atoms with Crippen LogP contribution in [0.1, 0.15) is 57.3 Å². The minimum Gasteiger partial charge on any atom is -0.494 e. The zero-order chi connectivity index (χ0) is 23.3.